The maximum Gasteiger partial charge on any atom is 0.293 e. The molecule has 0 spiro atoms. The summed E-state index contributed by atoms with van der Waals surface area (Å²) in [5.74, 6) is 0.918. The van der Waals surface area contributed by atoms with Gasteiger partial charge in [0, 0.05) is 5.75 Å². The number of carbonyl (C=O) groups excluding carboxylic acids is 2. The van der Waals surface area contributed by atoms with Crippen LogP contribution in [0.5, 0.6) is 0 Å². The van der Waals surface area contributed by atoms with Crippen molar-refractivity contribution in [3.8, 4) is 0 Å². The molecule has 114 valence electrons. The minimum atomic E-state index is -0.201. The van der Waals surface area contributed by atoms with Crippen molar-refractivity contribution in [2.45, 2.75) is 58.3 Å². The zero-order valence-corrected chi connectivity index (χ0v) is 14.5. The molecule has 0 saturated carbocycles. The molecule has 0 atom stereocenters. The minimum Gasteiger partial charge on any atom is -0.273 e. The van der Waals surface area contributed by atoms with E-state index in [0.29, 0.717) is 10.1 Å². The average molecular weight is 334 g/mol. The van der Waals surface area contributed by atoms with Crippen LogP contribution >= 0.6 is 35.7 Å². The Morgan fingerprint density at radius 2 is 1.80 bits per heavy atom. The van der Waals surface area contributed by atoms with E-state index in [1.807, 2.05) is 0 Å². The highest BCUT2D eigenvalue weighted by molar-refractivity contribution is 8.24. The van der Waals surface area contributed by atoms with E-state index in [1.54, 1.807) is 0 Å². The number of hydrogen-bond acceptors (Lipinski definition) is 5. The maximum atomic E-state index is 11.8. The molecule has 1 fully saturated rings. The van der Waals surface area contributed by atoms with Crippen LogP contribution in [0.15, 0.2) is 0 Å². The number of carbonyl (C=O) groups is 2. The van der Waals surface area contributed by atoms with E-state index in [9.17, 15) is 9.59 Å². The van der Waals surface area contributed by atoms with Gasteiger partial charge in [-0.3, -0.25) is 9.59 Å². The van der Waals surface area contributed by atoms with Crippen molar-refractivity contribution in [3.05, 3.63) is 0 Å². The molecule has 2 amide bonds. The van der Waals surface area contributed by atoms with Gasteiger partial charge < -0.3 is 0 Å². The Morgan fingerprint density at radius 3 is 2.35 bits per heavy atom. The van der Waals surface area contributed by atoms with Crippen molar-refractivity contribution in [3.63, 3.8) is 0 Å². The minimum absolute atomic E-state index is 0.173. The van der Waals surface area contributed by atoms with Crippen LogP contribution in [0.2, 0.25) is 0 Å². The SMILES string of the molecule is CCCCCCCCCCSC(=O)N1C(=O)CSC1=S. The summed E-state index contributed by atoms with van der Waals surface area (Å²) in [7, 11) is 0. The molecule has 0 bridgehead atoms. The number of thioether (sulfide) groups is 2. The normalized spacial score (nSPS) is 15.2. The zero-order valence-electron chi connectivity index (χ0n) is 12.1. The molecule has 0 aromatic heterocycles. The Bertz CT molecular complexity index is 331. The lowest BCUT2D eigenvalue weighted by atomic mass is 10.1. The van der Waals surface area contributed by atoms with Gasteiger partial charge in [0.2, 0.25) is 5.91 Å². The predicted octanol–water partition coefficient (Wildman–Crippen LogP) is 4.84. The molecule has 0 radical (unpaired) electrons. The first kappa shape index (κ1) is 18.0. The summed E-state index contributed by atoms with van der Waals surface area (Å²) in [5, 5.41) is -0.201. The van der Waals surface area contributed by atoms with Crippen LogP contribution in [-0.2, 0) is 4.79 Å². The fourth-order valence-corrected chi connectivity index (χ4v) is 4.00. The fraction of sp³-hybridized carbons (Fsp3) is 0.786. The van der Waals surface area contributed by atoms with E-state index < -0.39 is 0 Å². The lowest BCUT2D eigenvalue weighted by Crippen LogP contribution is -2.32. The molecule has 1 aliphatic rings. The molecule has 1 heterocycles. The Morgan fingerprint density at radius 1 is 1.20 bits per heavy atom. The lowest BCUT2D eigenvalue weighted by Gasteiger charge is -2.11. The van der Waals surface area contributed by atoms with Gasteiger partial charge in [-0.15, -0.1) is 0 Å². The standard InChI is InChI=1S/C14H23NO2S3/c1-2-3-4-5-6-7-8-9-10-19-13(17)15-12(16)11-20-14(15)18/h2-11H2,1H3. The van der Waals surface area contributed by atoms with Crippen molar-refractivity contribution in [1.29, 1.82) is 0 Å². The molecule has 1 saturated heterocycles. The number of rotatable bonds is 9. The van der Waals surface area contributed by atoms with Crippen molar-refractivity contribution < 1.29 is 9.59 Å². The van der Waals surface area contributed by atoms with Crippen LogP contribution in [0.1, 0.15) is 58.3 Å². The molecule has 0 unspecified atom stereocenters. The second-order valence-corrected chi connectivity index (χ2v) is 7.53. The first-order valence-corrected chi connectivity index (χ1v) is 9.71. The molecule has 0 aromatic rings. The Hall–Kier alpha value is -0.0700. The largest absolute Gasteiger partial charge is 0.293 e. The van der Waals surface area contributed by atoms with Crippen LogP contribution in [-0.4, -0.2) is 31.9 Å². The predicted molar refractivity (Wildman–Crippen MR) is 92.4 cm³/mol. The van der Waals surface area contributed by atoms with Crippen LogP contribution in [0.3, 0.4) is 0 Å². The second kappa shape index (κ2) is 10.6. The summed E-state index contributed by atoms with van der Waals surface area (Å²) in [6.07, 6.45) is 10.0. The summed E-state index contributed by atoms with van der Waals surface area (Å²) < 4.78 is 0.406. The van der Waals surface area contributed by atoms with Crippen LogP contribution in [0.4, 0.5) is 4.79 Å². The monoisotopic (exact) mass is 333 g/mol. The zero-order chi connectivity index (χ0) is 14.8. The van der Waals surface area contributed by atoms with E-state index >= 15 is 0 Å². The molecule has 0 aromatic carbocycles. The number of unbranched alkanes of at least 4 members (excludes halogenated alkanes) is 7. The Balaban J connectivity index is 2.00. The molecule has 6 heteroatoms. The summed E-state index contributed by atoms with van der Waals surface area (Å²) >= 11 is 7.49. The third kappa shape index (κ3) is 6.59. The van der Waals surface area contributed by atoms with E-state index in [2.05, 4.69) is 6.92 Å². The highest BCUT2D eigenvalue weighted by Gasteiger charge is 2.32. The topological polar surface area (TPSA) is 37.4 Å². The third-order valence-corrected chi connectivity index (χ3v) is 5.44. The first-order chi connectivity index (χ1) is 9.66. The molecule has 1 aliphatic heterocycles. The molecule has 1 rings (SSSR count). The van der Waals surface area contributed by atoms with Gasteiger partial charge >= 0.3 is 0 Å². The van der Waals surface area contributed by atoms with Crippen LogP contribution in [0, 0.1) is 0 Å². The summed E-state index contributed by atoms with van der Waals surface area (Å²) in [6.45, 7) is 2.23. The van der Waals surface area contributed by atoms with Crippen molar-refractivity contribution >= 4 is 51.2 Å². The Labute approximate surface area is 135 Å². The molecule has 0 N–H and O–H groups in total. The Kier molecular flexibility index (Phi) is 9.55. The second-order valence-electron chi connectivity index (χ2n) is 4.87. The van der Waals surface area contributed by atoms with Gasteiger partial charge in [-0.05, 0) is 6.42 Å². The number of thiocarbonyl (C=S) groups is 1. The third-order valence-electron chi connectivity index (χ3n) is 3.16. The number of amides is 2. The van der Waals surface area contributed by atoms with Gasteiger partial charge in [0.15, 0.2) is 4.32 Å². The van der Waals surface area contributed by atoms with E-state index in [-0.39, 0.29) is 11.1 Å². The van der Waals surface area contributed by atoms with Gasteiger partial charge in [-0.1, -0.05) is 87.6 Å². The molecule has 20 heavy (non-hydrogen) atoms. The first-order valence-electron chi connectivity index (χ1n) is 7.33. The molecular formula is C14H23NO2S3. The van der Waals surface area contributed by atoms with Crippen molar-refractivity contribution in [1.82, 2.24) is 4.90 Å². The maximum absolute atomic E-state index is 11.8. The highest BCUT2D eigenvalue weighted by atomic mass is 32.2. The number of nitrogens with zero attached hydrogens (tertiary/aromatic N) is 1. The summed E-state index contributed by atoms with van der Waals surface area (Å²) in [6, 6.07) is 0. The van der Waals surface area contributed by atoms with E-state index in [4.69, 9.17) is 12.2 Å². The van der Waals surface area contributed by atoms with Crippen LogP contribution < -0.4 is 0 Å². The fourth-order valence-electron chi connectivity index (χ4n) is 1.99. The molecule has 3 nitrogen and oxygen atoms in total. The van der Waals surface area contributed by atoms with Gasteiger partial charge in [-0.25, -0.2) is 4.90 Å². The van der Waals surface area contributed by atoms with E-state index in [0.717, 1.165) is 17.1 Å². The van der Waals surface area contributed by atoms with E-state index in [1.165, 1.54) is 68.5 Å². The van der Waals surface area contributed by atoms with Gasteiger partial charge in [0.1, 0.15) is 0 Å². The van der Waals surface area contributed by atoms with Gasteiger partial charge in [0.25, 0.3) is 5.24 Å². The highest BCUT2D eigenvalue weighted by Crippen LogP contribution is 2.24. The number of imide groups is 1. The lowest BCUT2D eigenvalue weighted by molar-refractivity contribution is -0.121. The molecule has 0 aliphatic carbocycles. The van der Waals surface area contributed by atoms with Crippen molar-refractivity contribution in [2.24, 2.45) is 0 Å². The average Bonchev–Trinajstić information content (AvgIpc) is 2.76. The molecular weight excluding hydrogens is 310 g/mol. The quantitative estimate of drug-likeness (QED) is 0.446. The number of hydrogen-bond donors (Lipinski definition) is 0. The van der Waals surface area contributed by atoms with Gasteiger partial charge in [0.05, 0.1) is 5.75 Å². The summed E-state index contributed by atoms with van der Waals surface area (Å²) in [4.78, 5) is 24.5. The van der Waals surface area contributed by atoms with Crippen LogP contribution in [0.25, 0.3) is 0 Å². The summed E-state index contributed by atoms with van der Waals surface area (Å²) in [5.41, 5.74) is 0. The van der Waals surface area contributed by atoms with Crippen molar-refractivity contribution in [2.75, 3.05) is 11.5 Å². The van der Waals surface area contributed by atoms with Gasteiger partial charge in [-0.2, -0.15) is 0 Å². The smallest absolute Gasteiger partial charge is 0.273 e.